The Morgan fingerprint density at radius 2 is 2.15 bits per heavy atom. The number of nitrogens with one attached hydrogen (secondary N) is 1. The predicted octanol–water partition coefficient (Wildman–Crippen LogP) is 2.01. The van der Waals surface area contributed by atoms with Gasteiger partial charge < -0.3 is 9.47 Å². The Labute approximate surface area is 153 Å². The van der Waals surface area contributed by atoms with Crippen LogP contribution in [0.1, 0.15) is 5.56 Å². The molecule has 0 saturated carbocycles. The van der Waals surface area contributed by atoms with Crippen LogP contribution in [0.15, 0.2) is 41.5 Å². The Balaban J connectivity index is 1.42. The molecule has 1 aliphatic heterocycles. The van der Waals surface area contributed by atoms with E-state index >= 15 is 0 Å². The number of fused-ring (bicyclic) bond motifs is 2. The van der Waals surface area contributed by atoms with Crippen LogP contribution in [0, 0.1) is 0 Å². The van der Waals surface area contributed by atoms with Gasteiger partial charge in [-0.2, -0.15) is 5.10 Å². The number of hydrogen-bond acceptors (Lipinski definition) is 6. The van der Waals surface area contributed by atoms with E-state index in [4.69, 9.17) is 21.1 Å². The topological polar surface area (TPSA) is 90.6 Å². The van der Waals surface area contributed by atoms with Gasteiger partial charge in [0.15, 0.2) is 11.5 Å². The molecule has 0 radical (unpaired) electrons. The lowest BCUT2D eigenvalue weighted by Gasteiger charge is -2.19. The zero-order chi connectivity index (χ0) is 17.9. The van der Waals surface area contributed by atoms with E-state index in [9.17, 15) is 4.79 Å². The van der Waals surface area contributed by atoms with Gasteiger partial charge in [-0.25, -0.2) is 10.1 Å². The number of hydrogen-bond donors (Lipinski definition) is 1. The molecule has 132 valence electrons. The van der Waals surface area contributed by atoms with Crippen LogP contribution in [0.25, 0.3) is 11.0 Å². The highest BCUT2D eigenvalue weighted by atomic mass is 35.5. The van der Waals surface area contributed by atoms with Crippen molar-refractivity contribution in [1.82, 2.24) is 20.4 Å². The fourth-order valence-corrected chi connectivity index (χ4v) is 2.86. The third kappa shape index (κ3) is 3.31. The highest BCUT2D eigenvalue weighted by Crippen LogP contribution is 2.37. The number of amides is 1. The molecule has 0 bridgehead atoms. The van der Waals surface area contributed by atoms with Crippen molar-refractivity contribution in [3.05, 3.63) is 47.0 Å². The molecule has 0 saturated heterocycles. The molecule has 1 aliphatic rings. The quantitative estimate of drug-likeness (QED) is 0.559. The summed E-state index contributed by atoms with van der Waals surface area (Å²) in [6, 6.07) is 10.9. The molecule has 3 aromatic rings. The zero-order valence-electron chi connectivity index (χ0n) is 13.6. The number of aromatic nitrogens is 3. The van der Waals surface area contributed by atoms with Gasteiger partial charge in [0.05, 0.1) is 16.8 Å². The first-order chi connectivity index (χ1) is 12.7. The van der Waals surface area contributed by atoms with Crippen molar-refractivity contribution in [2.75, 3.05) is 13.2 Å². The zero-order valence-corrected chi connectivity index (χ0v) is 14.3. The van der Waals surface area contributed by atoms with Crippen LogP contribution in [0.2, 0.25) is 5.02 Å². The lowest BCUT2D eigenvalue weighted by Crippen LogP contribution is -2.23. The number of ether oxygens (including phenoxy) is 2. The van der Waals surface area contributed by atoms with Gasteiger partial charge in [-0.1, -0.05) is 28.9 Å². The van der Waals surface area contributed by atoms with E-state index in [1.165, 1.54) is 10.9 Å². The van der Waals surface area contributed by atoms with Crippen molar-refractivity contribution >= 4 is 34.8 Å². The number of rotatable bonds is 4. The number of benzene rings is 2. The first-order valence-corrected chi connectivity index (χ1v) is 8.28. The molecule has 4 rings (SSSR count). The Kier molecular flexibility index (Phi) is 4.40. The van der Waals surface area contributed by atoms with Crippen LogP contribution in [-0.4, -0.2) is 40.3 Å². The summed E-state index contributed by atoms with van der Waals surface area (Å²) in [5.74, 6) is 0.767. The lowest BCUT2D eigenvalue weighted by molar-refractivity contribution is -0.121. The van der Waals surface area contributed by atoms with Crippen molar-refractivity contribution in [3.8, 4) is 11.5 Å². The molecule has 1 N–H and O–H groups in total. The maximum absolute atomic E-state index is 12.1. The number of carbonyl (C=O) groups is 1. The van der Waals surface area contributed by atoms with Crippen molar-refractivity contribution < 1.29 is 14.3 Å². The van der Waals surface area contributed by atoms with E-state index in [2.05, 4.69) is 20.8 Å². The van der Waals surface area contributed by atoms with Crippen LogP contribution in [0.3, 0.4) is 0 Å². The molecular weight excluding hydrogens is 358 g/mol. The summed E-state index contributed by atoms with van der Waals surface area (Å²) in [5, 5.41) is 12.4. The first-order valence-electron chi connectivity index (χ1n) is 7.90. The minimum atomic E-state index is -0.319. The molecule has 26 heavy (non-hydrogen) atoms. The molecule has 0 aliphatic carbocycles. The Bertz CT molecular complexity index is 1000. The second kappa shape index (κ2) is 7.01. The maximum atomic E-state index is 12.1. The summed E-state index contributed by atoms with van der Waals surface area (Å²) in [5.41, 5.74) is 4.66. The largest absolute Gasteiger partial charge is 0.486 e. The summed E-state index contributed by atoms with van der Waals surface area (Å²) in [6.45, 7) is 0.944. The first kappa shape index (κ1) is 16.3. The summed E-state index contributed by atoms with van der Waals surface area (Å²) in [7, 11) is 0. The van der Waals surface area contributed by atoms with Crippen LogP contribution in [0.4, 0.5) is 0 Å². The SMILES string of the molecule is O=C(Cn1nnc2ccccc21)N/N=C\c1cc(Cl)c2c(c1)OCCO2. The van der Waals surface area contributed by atoms with Gasteiger partial charge >= 0.3 is 0 Å². The second-order valence-electron chi connectivity index (χ2n) is 5.56. The highest BCUT2D eigenvalue weighted by Gasteiger charge is 2.16. The molecule has 0 atom stereocenters. The molecule has 0 unspecified atom stereocenters. The normalized spacial score (nSPS) is 13.3. The van der Waals surface area contributed by atoms with Crippen LogP contribution in [0.5, 0.6) is 11.5 Å². The molecular formula is C17H14ClN5O3. The van der Waals surface area contributed by atoms with E-state index in [1.807, 2.05) is 24.3 Å². The molecule has 0 spiro atoms. The van der Waals surface area contributed by atoms with Gasteiger partial charge in [-0.15, -0.1) is 5.10 Å². The molecule has 2 aromatic carbocycles. The number of halogens is 1. The average molecular weight is 372 g/mol. The molecule has 2 heterocycles. The number of para-hydroxylation sites is 1. The number of hydrazone groups is 1. The van der Waals surface area contributed by atoms with E-state index in [-0.39, 0.29) is 12.5 Å². The molecule has 8 nitrogen and oxygen atoms in total. The van der Waals surface area contributed by atoms with E-state index in [0.717, 1.165) is 11.0 Å². The summed E-state index contributed by atoms with van der Waals surface area (Å²) < 4.78 is 12.5. The number of carbonyl (C=O) groups excluding carboxylic acids is 1. The van der Waals surface area contributed by atoms with Crippen molar-refractivity contribution in [1.29, 1.82) is 0 Å². The average Bonchev–Trinajstić information content (AvgIpc) is 3.05. The van der Waals surface area contributed by atoms with Gasteiger partial charge in [-0.05, 0) is 29.8 Å². The fourth-order valence-electron chi connectivity index (χ4n) is 2.59. The molecule has 9 heteroatoms. The standard InChI is InChI=1S/C17H14ClN5O3/c18-12-7-11(8-15-17(12)26-6-5-25-15)9-19-21-16(24)10-23-14-4-2-1-3-13(14)20-22-23/h1-4,7-9H,5-6,10H2,(H,21,24)/b19-9-. The third-order valence-electron chi connectivity index (χ3n) is 3.74. The Hall–Kier alpha value is -3.13. The minimum Gasteiger partial charge on any atom is -0.486 e. The van der Waals surface area contributed by atoms with E-state index in [0.29, 0.717) is 35.3 Å². The van der Waals surface area contributed by atoms with Gasteiger partial charge in [0.1, 0.15) is 25.3 Å². The summed E-state index contributed by atoms with van der Waals surface area (Å²) >= 11 is 6.17. The second-order valence-corrected chi connectivity index (χ2v) is 5.96. The number of nitrogens with zero attached hydrogens (tertiary/aromatic N) is 4. The van der Waals surface area contributed by atoms with E-state index in [1.54, 1.807) is 12.1 Å². The molecule has 1 amide bonds. The minimum absolute atomic E-state index is 0.0136. The summed E-state index contributed by atoms with van der Waals surface area (Å²) in [6.07, 6.45) is 1.49. The van der Waals surface area contributed by atoms with Gasteiger partial charge in [-0.3, -0.25) is 4.79 Å². The van der Waals surface area contributed by atoms with Crippen molar-refractivity contribution in [2.24, 2.45) is 5.10 Å². The Morgan fingerprint density at radius 3 is 3.08 bits per heavy atom. The Morgan fingerprint density at radius 1 is 1.31 bits per heavy atom. The van der Waals surface area contributed by atoms with Crippen LogP contribution < -0.4 is 14.9 Å². The third-order valence-corrected chi connectivity index (χ3v) is 4.02. The predicted molar refractivity (Wildman–Crippen MR) is 95.7 cm³/mol. The highest BCUT2D eigenvalue weighted by molar-refractivity contribution is 6.32. The molecule has 0 fully saturated rings. The monoisotopic (exact) mass is 371 g/mol. The van der Waals surface area contributed by atoms with Crippen LogP contribution >= 0.6 is 11.6 Å². The van der Waals surface area contributed by atoms with Crippen LogP contribution in [-0.2, 0) is 11.3 Å². The van der Waals surface area contributed by atoms with Crippen molar-refractivity contribution in [3.63, 3.8) is 0 Å². The van der Waals surface area contributed by atoms with Gasteiger partial charge in [0, 0.05) is 0 Å². The van der Waals surface area contributed by atoms with Gasteiger partial charge in [0.2, 0.25) is 0 Å². The summed E-state index contributed by atoms with van der Waals surface area (Å²) in [4.78, 5) is 12.1. The van der Waals surface area contributed by atoms with Crippen molar-refractivity contribution in [2.45, 2.75) is 6.54 Å². The maximum Gasteiger partial charge on any atom is 0.261 e. The fraction of sp³-hybridized carbons (Fsp3) is 0.176. The van der Waals surface area contributed by atoms with E-state index < -0.39 is 0 Å². The lowest BCUT2D eigenvalue weighted by atomic mass is 10.2. The van der Waals surface area contributed by atoms with Gasteiger partial charge in [0.25, 0.3) is 5.91 Å². The smallest absolute Gasteiger partial charge is 0.261 e. The molecule has 1 aromatic heterocycles.